The lowest BCUT2D eigenvalue weighted by atomic mass is 10.0. The number of hydrogen-bond donors (Lipinski definition) is 2. The van der Waals surface area contributed by atoms with Crippen molar-refractivity contribution in [3.63, 3.8) is 0 Å². The second kappa shape index (κ2) is 4.34. The zero-order chi connectivity index (χ0) is 8.10. The van der Waals surface area contributed by atoms with Crippen molar-refractivity contribution in [3.05, 3.63) is 0 Å². The van der Waals surface area contributed by atoms with Crippen LogP contribution in [0.4, 0.5) is 0 Å². The molecular weight excluding hydrogens is 142 g/mol. The van der Waals surface area contributed by atoms with E-state index in [1.165, 1.54) is 32.4 Å². The highest BCUT2D eigenvalue weighted by atomic mass is 16.3. The fraction of sp³-hybridized carbons (Fsp3) is 0.875. The summed E-state index contributed by atoms with van der Waals surface area (Å²) in [6.07, 6.45) is 4.52. The first kappa shape index (κ1) is 8.53. The Hall–Kier alpha value is -0.570. The average molecular weight is 157 g/mol. The minimum atomic E-state index is -0.250. The number of fused-ring (bicyclic) bond motifs is 2. The van der Waals surface area contributed by atoms with Gasteiger partial charge >= 0.3 is 0 Å². The molecule has 11 heavy (non-hydrogen) atoms. The van der Waals surface area contributed by atoms with Crippen LogP contribution in [0, 0.1) is 11.8 Å². The molecule has 1 saturated carbocycles. The van der Waals surface area contributed by atoms with Crippen LogP contribution in [0.2, 0.25) is 0 Å². The topological polar surface area (TPSA) is 49.3 Å². The summed E-state index contributed by atoms with van der Waals surface area (Å²) in [7, 11) is 0. The maximum atomic E-state index is 8.36. The van der Waals surface area contributed by atoms with Gasteiger partial charge in [0.1, 0.15) is 0 Å². The molecule has 2 aliphatic rings. The summed E-state index contributed by atoms with van der Waals surface area (Å²) >= 11 is 0. The van der Waals surface area contributed by atoms with E-state index in [1.807, 2.05) is 0 Å². The molecule has 64 valence electrons. The van der Waals surface area contributed by atoms with Gasteiger partial charge in [-0.2, -0.15) is 0 Å². The zero-order valence-corrected chi connectivity index (χ0v) is 6.62. The number of rotatable bonds is 0. The molecule has 0 spiro atoms. The molecule has 2 fully saturated rings. The molecule has 1 saturated heterocycles. The highest BCUT2D eigenvalue weighted by molar-refractivity contribution is 5.32. The summed E-state index contributed by atoms with van der Waals surface area (Å²) in [5.74, 6) is 2.10. The molecule has 0 aromatic heterocycles. The Morgan fingerprint density at radius 3 is 2.09 bits per heavy atom. The summed E-state index contributed by atoms with van der Waals surface area (Å²) in [5.41, 5.74) is 0. The first-order valence-corrected chi connectivity index (χ1v) is 4.15. The van der Waals surface area contributed by atoms with Crippen molar-refractivity contribution >= 4 is 6.47 Å². The van der Waals surface area contributed by atoms with Crippen molar-refractivity contribution in [3.8, 4) is 0 Å². The molecule has 3 heteroatoms. The number of nitrogens with one attached hydrogen (secondary N) is 1. The lowest BCUT2D eigenvalue weighted by Crippen LogP contribution is -2.30. The first-order chi connectivity index (χ1) is 5.36. The second-order valence-corrected chi connectivity index (χ2v) is 3.31. The third-order valence-corrected chi connectivity index (χ3v) is 2.52. The van der Waals surface area contributed by atoms with Gasteiger partial charge in [-0.1, -0.05) is 0 Å². The van der Waals surface area contributed by atoms with Gasteiger partial charge in [-0.05, 0) is 44.2 Å². The molecule has 2 bridgehead atoms. The van der Waals surface area contributed by atoms with Crippen LogP contribution in [-0.4, -0.2) is 24.7 Å². The molecule has 0 aromatic carbocycles. The molecule has 1 aliphatic heterocycles. The van der Waals surface area contributed by atoms with E-state index in [0.29, 0.717) is 0 Å². The maximum absolute atomic E-state index is 8.36. The van der Waals surface area contributed by atoms with E-state index < -0.39 is 0 Å². The number of carbonyl (C=O) groups is 1. The van der Waals surface area contributed by atoms with Gasteiger partial charge in [0.25, 0.3) is 6.47 Å². The Bertz CT molecular complexity index is 113. The van der Waals surface area contributed by atoms with Gasteiger partial charge in [0.15, 0.2) is 0 Å². The van der Waals surface area contributed by atoms with Crippen molar-refractivity contribution in [2.45, 2.75) is 19.3 Å². The molecule has 2 atom stereocenters. The monoisotopic (exact) mass is 157 g/mol. The highest BCUT2D eigenvalue weighted by Crippen LogP contribution is 2.32. The van der Waals surface area contributed by atoms with Crippen LogP contribution < -0.4 is 5.32 Å². The largest absolute Gasteiger partial charge is 0.483 e. The van der Waals surface area contributed by atoms with Gasteiger partial charge in [0.2, 0.25) is 0 Å². The van der Waals surface area contributed by atoms with E-state index in [9.17, 15) is 0 Å². The van der Waals surface area contributed by atoms with E-state index in [4.69, 9.17) is 9.90 Å². The summed E-state index contributed by atoms with van der Waals surface area (Å²) < 4.78 is 0. The van der Waals surface area contributed by atoms with Crippen LogP contribution in [0.15, 0.2) is 0 Å². The van der Waals surface area contributed by atoms with Crippen molar-refractivity contribution in [2.75, 3.05) is 13.1 Å². The molecule has 1 aliphatic carbocycles. The highest BCUT2D eigenvalue weighted by Gasteiger charge is 2.27. The number of piperidine rings is 1. The van der Waals surface area contributed by atoms with Crippen LogP contribution in [0.1, 0.15) is 19.3 Å². The lowest BCUT2D eigenvalue weighted by Gasteiger charge is -2.18. The van der Waals surface area contributed by atoms with Crippen LogP contribution in [0.5, 0.6) is 0 Å². The maximum Gasteiger partial charge on any atom is 0.290 e. The smallest absolute Gasteiger partial charge is 0.290 e. The van der Waals surface area contributed by atoms with Crippen LogP contribution >= 0.6 is 0 Å². The average Bonchev–Trinajstić information content (AvgIpc) is 2.33. The van der Waals surface area contributed by atoms with Gasteiger partial charge in [0.05, 0.1) is 0 Å². The number of carboxylic acid groups (broad SMARTS) is 1. The van der Waals surface area contributed by atoms with Gasteiger partial charge < -0.3 is 10.4 Å². The standard InChI is InChI=1S/C7H13N.CH2O2/c1-2-7-3-6(1)4-8-5-7;2-1-3/h6-8H,1-5H2;1H,(H,2,3). The molecule has 3 nitrogen and oxygen atoms in total. The Balaban J connectivity index is 0.000000179. The SMILES string of the molecule is C1CC2CNCC1C2.O=CO. The first-order valence-electron chi connectivity index (χ1n) is 4.15. The Kier molecular flexibility index (Phi) is 3.36. The van der Waals surface area contributed by atoms with Crippen molar-refractivity contribution in [1.29, 1.82) is 0 Å². The van der Waals surface area contributed by atoms with E-state index in [1.54, 1.807) is 0 Å². The van der Waals surface area contributed by atoms with Crippen molar-refractivity contribution in [2.24, 2.45) is 11.8 Å². The molecule has 1 heterocycles. The fourth-order valence-electron chi connectivity index (χ4n) is 2.04. The minimum Gasteiger partial charge on any atom is -0.483 e. The quantitative estimate of drug-likeness (QED) is 0.509. The summed E-state index contributed by atoms with van der Waals surface area (Å²) in [6, 6.07) is 0. The predicted octanol–water partition coefficient (Wildman–Crippen LogP) is 0.707. The fourth-order valence-corrected chi connectivity index (χ4v) is 2.04. The van der Waals surface area contributed by atoms with Crippen LogP contribution in [-0.2, 0) is 4.79 Å². The van der Waals surface area contributed by atoms with Gasteiger partial charge in [0, 0.05) is 0 Å². The summed E-state index contributed by atoms with van der Waals surface area (Å²) in [4.78, 5) is 8.36. The predicted molar refractivity (Wildman–Crippen MR) is 42.4 cm³/mol. The zero-order valence-electron chi connectivity index (χ0n) is 6.62. The second-order valence-electron chi connectivity index (χ2n) is 3.31. The Morgan fingerprint density at radius 2 is 1.73 bits per heavy atom. The van der Waals surface area contributed by atoms with Crippen LogP contribution in [0.3, 0.4) is 0 Å². The Morgan fingerprint density at radius 1 is 1.27 bits per heavy atom. The number of hydrogen-bond acceptors (Lipinski definition) is 2. The van der Waals surface area contributed by atoms with E-state index in [0.717, 1.165) is 11.8 Å². The molecule has 0 amide bonds. The molecule has 0 radical (unpaired) electrons. The van der Waals surface area contributed by atoms with Crippen molar-refractivity contribution in [1.82, 2.24) is 5.32 Å². The van der Waals surface area contributed by atoms with Gasteiger partial charge in [-0.15, -0.1) is 0 Å². The molecule has 2 N–H and O–H groups in total. The molecule has 0 aromatic rings. The summed E-state index contributed by atoms with van der Waals surface area (Å²) in [5, 5.41) is 10.3. The summed E-state index contributed by atoms with van der Waals surface area (Å²) in [6.45, 7) is 2.35. The normalized spacial score (nSPS) is 33.8. The van der Waals surface area contributed by atoms with Crippen LogP contribution in [0.25, 0.3) is 0 Å². The third-order valence-electron chi connectivity index (χ3n) is 2.52. The minimum absolute atomic E-state index is 0.250. The van der Waals surface area contributed by atoms with Gasteiger partial charge in [-0.25, -0.2) is 0 Å². The van der Waals surface area contributed by atoms with E-state index in [-0.39, 0.29) is 6.47 Å². The molecule has 2 unspecified atom stereocenters. The third kappa shape index (κ3) is 2.50. The van der Waals surface area contributed by atoms with Crippen molar-refractivity contribution < 1.29 is 9.90 Å². The Labute approximate surface area is 66.8 Å². The van der Waals surface area contributed by atoms with Gasteiger partial charge in [-0.3, -0.25) is 4.79 Å². The van der Waals surface area contributed by atoms with E-state index >= 15 is 0 Å². The molecular formula is C8H15NO2. The lowest BCUT2D eigenvalue weighted by molar-refractivity contribution is -0.122. The molecule has 2 rings (SSSR count). The van der Waals surface area contributed by atoms with E-state index in [2.05, 4.69) is 5.32 Å².